The van der Waals surface area contributed by atoms with Crippen LogP contribution >= 0.6 is 23.4 Å². The lowest BCUT2D eigenvalue weighted by atomic mass is 10.2. The van der Waals surface area contributed by atoms with Gasteiger partial charge in [0.15, 0.2) is 0 Å². The zero-order chi connectivity index (χ0) is 20.2. The fraction of sp³-hybridized carbons (Fsp3) is 0.105. The van der Waals surface area contributed by atoms with Gasteiger partial charge in [-0.05, 0) is 36.4 Å². The summed E-state index contributed by atoms with van der Waals surface area (Å²) in [6.07, 6.45) is 0. The number of anilines is 1. The molecule has 2 heterocycles. The van der Waals surface area contributed by atoms with E-state index < -0.39 is 0 Å². The van der Waals surface area contributed by atoms with Crippen LogP contribution in [0.25, 0.3) is 22.9 Å². The molecule has 4 aromatic rings. The molecule has 0 atom stereocenters. The van der Waals surface area contributed by atoms with Crippen molar-refractivity contribution in [1.29, 1.82) is 0 Å². The van der Waals surface area contributed by atoms with Crippen molar-refractivity contribution >= 4 is 35.0 Å². The average Bonchev–Trinajstić information content (AvgIpc) is 3.36. The van der Waals surface area contributed by atoms with Crippen LogP contribution in [0.4, 0.5) is 5.69 Å². The number of carbonyl (C=O) groups is 1. The van der Waals surface area contributed by atoms with Crippen molar-refractivity contribution in [2.45, 2.75) is 17.9 Å². The Bertz CT molecular complexity index is 1140. The Kier molecular flexibility index (Phi) is 5.59. The first-order valence-corrected chi connectivity index (χ1v) is 9.86. The minimum Gasteiger partial charge on any atom is -0.420 e. The Hall–Kier alpha value is -3.17. The Morgan fingerprint density at radius 3 is 2.52 bits per heavy atom. The number of benzene rings is 2. The molecule has 0 spiro atoms. The number of nitrogens with zero attached hydrogens (tertiary/aromatic N) is 4. The van der Waals surface area contributed by atoms with Crippen LogP contribution in [0, 0.1) is 0 Å². The maximum atomic E-state index is 11.1. The second-order valence-corrected chi connectivity index (χ2v) is 7.23. The van der Waals surface area contributed by atoms with Crippen LogP contribution in [0.3, 0.4) is 0 Å². The smallest absolute Gasteiger partial charge is 0.277 e. The van der Waals surface area contributed by atoms with Crippen LogP contribution in [0.1, 0.15) is 12.8 Å². The molecule has 8 nitrogen and oxygen atoms in total. The van der Waals surface area contributed by atoms with Gasteiger partial charge in [0.05, 0.1) is 16.3 Å². The molecule has 10 heteroatoms. The largest absolute Gasteiger partial charge is 0.420 e. The highest BCUT2D eigenvalue weighted by molar-refractivity contribution is 7.98. The van der Waals surface area contributed by atoms with E-state index in [1.807, 2.05) is 18.2 Å². The minimum absolute atomic E-state index is 0.132. The van der Waals surface area contributed by atoms with E-state index in [9.17, 15) is 4.79 Å². The van der Waals surface area contributed by atoms with Gasteiger partial charge in [-0.15, -0.1) is 20.4 Å². The van der Waals surface area contributed by atoms with Gasteiger partial charge in [0.1, 0.15) is 0 Å². The van der Waals surface area contributed by atoms with Gasteiger partial charge >= 0.3 is 0 Å². The predicted molar refractivity (Wildman–Crippen MR) is 108 cm³/mol. The molecular formula is C19H14ClN5O3S. The number of amides is 1. The summed E-state index contributed by atoms with van der Waals surface area (Å²) in [5.74, 6) is 1.40. The summed E-state index contributed by atoms with van der Waals surface area (Å²) in [6.45, 7) is 1.45. The van der Waals surface area contributed by atoms with Crippen molar-refractivity contribution < 1.29 is 13.6 Å². The molecule has 0 saturated carbocycles. The molecule has 0 aliphatic rings. The van der Waals surface area contributed by atoms with E-state index in [0.717, 1.165) is 5.56 Å². The van der Waals surface area contributed by atoms with Gasteiger partial charge < -0.3 is 14.2 Å². The highest BCUT2D eigenvalue weighted by Crippen LogP contribution is 2.29. The van der Waals surface area contributed by atoms with E-state index in [4.69, 9.17) is 20.4 Å². The van der Waals surface area contributed by atoms with Gasteiger partial charge in [-0.25, -0.2) is 0 Å². The number of thioether (sulfide) groups is 1. The monoisotopic (exact) mass is 427 g/mol. The molecule has 2 aromatic carbocycles. The zero-order valence-electron chi connectivity index (χ0n) is 15.1. The molecule has 0 bridgehead atoms. The molecule has 2 aromatic heterocycles. The normalized spacial score (nSPS) is 10.8. The van der Waals surface area contributed by atoms with Gasteiger partial charge in [0.2, 0.25) is 23.6 Å². The highest BCUT2D eigenvalue weighted by atomic mass is 35.5. The predicted octanol–water partition coefficient (Wildman–Crippen LogP) is 4.69. The van der Waals surface area contributed by atoms with Crippen LogP contribution in [0.2, 0.25) is 5.02 Å². The summed E-state index contributed by atoms with van der Waals surface area (Å²) in [5.41, 5.74) is 2.12. The third kappa shape index (κ3) is 4.64. The lowest BCUT2D eigenvalue weighted by Gasteiger charge is -2.01. The second-order valence-electron chi connectivity index (χ2n) is 5.90. The van der Waals surface area contributed by atoms with E-state index in [1.165, 1.54) is 18.7 Å². The number of carbonyl (C=O) groups excluding carboxylic acids is 1. The van der Waals surface area contributed by atoms with Crippen LogP contribution in [0.5, 0.6) is 0 Å². The fourth-order valence-electron chi connectivity index (χ4n) is 2.46. The van der Waals surface area contributed by atoms with E-state index in [-0.39, 0.29) is 5.91 Å². The first-order chi connectivity index (χ1) is 14.1. The highest BCUT2D eigenvalue weighted by Gasteiger charge is 2.14. The Morgan fingerprint density at radius 1 is 1.00 bits per heavy atom. The first-order valence-electron chi connectivity index (χ1n) is 8.50. The van der Waals surface area contributed by atoms with E-state index in [2.05, 4.69) is 25.7 Å². The molecule has 0 saturated heterocycles. The molecule has 0 aliphatic carbocycles. The SMILES string of the molecule is CC(=O)Nc1ccc(-c2nnc(SCc3nnc(-c4ccccc4Cl)o3)o2)cc1. The van der Waals surface area contributed by atoms with Crippen LogP contribution in [-0.2, 0) is 10.5 Å². The summed E-state index contributed by atoms with van der Waals surface area (Å²) >= 11 is 7.44. The summed E-state index contributed by atoms with van der Waals surface area (Å²) in [7, 11) is 0. The van der Waals surface area contributed by atoms with Gasteiger partial charge in [-0.1, -0.05) is 35.5 Å². The van der Waals surface area contributed by atoms with Crippen molar-refractivity contribution in [3.63, 3.8) is 0 Å². The summed E-state index contributed by atoms with van der Waals surface area (Å²) in [4.78, 5) is 11.1. The maximum absolute atomic E-state index is 11.1. The van der Waals surface area contributed by atoms with Crippen LogP contribution in [-0.4, -0.2) is 26.3 Å². The Balaban J connectivity index is 1.40. The van der Waals surface area contributed by atoms with E-state index >= 15 is 0 Å². The Morgan fingerprint density at radius 2 is 1.76 bits per heavy atom. The quantitative estimate of drug-likeness (QED) is 0.441. The number of hydrogen-bond acceptors (Lipinski definition) is 8. The molecule has 29 heavy (non-hydrogen) atoms. The number of nitrogens with one attached hydrogen (secondary N) is 1. The molecule has 0 fully saturated rings. The first kappa shape index (κ1) is 19.2. The van der Waals surface area contributed by atoms with Crippen LogP contribution < -0.4 is 5.32 Å². The third-order valence-corrected chi connectivity index (χ3v) is 4.88. The van der Waals surface area contributed by atoms with Crippen LogP contribution in [0.15, 0.2) is 62.6 Å². The third-order valence-electron chi connectivity index (χ3n) is 3.75. The van der Waals surface area contributed by atoms with Crippen molar-refractivity contribution in [2.24, 2.45) is 0 Å². The van der Waals surface area contributed by atoms with Gasteiger partial charge in [-0.3, -0.25) is 4.79 Å². The van der Waals surface area contributed by atoms with Crippen molar-refractivity contribution in [2.75, 3.05) is 5.32 Å². The maximum Gasteiger partial charge on any atom is 0.277 e. The van der Waals surface area contributed by atoms with Crippen molar-refractivity contribution in [1.82, 2.24) is 20.4 Å². The topological polar surface area (TPSA) is 107 Å². The Labute approximate surface area is 174 Å². The number of rotatable bonds is 6. The van der Waals surface area contributed by atoms with E-state index in [1.54, 1.807) is 30.3 Å². The summed E-state index contributed by atoms with van der Waals surface area (Å²) in [6, 6.07) is 14.4. The van der Waals surface area contributed by atoms with Crippen molar-refractivity contribution in [3.8, 4) is 22.9 Å². The van der Waals surface area contributed by atoms with Crippen molar-refractivity contribution in [3.05, 3.63) is 59.4 Å². The van der Waals surface area contributed by atoms with E-state index in [0.29, 0.717) is 44.9 Å². The number of aromatic nitrogens is 4. The molecule has 146 valence electrons. The fourth-order valence-corrected chi connectivity index (χ4v) is 3.28. The van der Waals surface area contributed by atoms with Gasteiger partial charge in [-0.2, -0.15) is 0 Å². The molecule has 1 N–H and O–H groups in total. The lowest BCUT2D eigenvalue weighted by Crippen LogP contribution is -2.05. The molecular weight excluding hydrogens is 414 g/mol. The lowest BCUT2D eigenvalue weighted by molar-refractivity contribution is -0.114. The summed E-state index contributed by atoms with van der Waals surface area (Å²) in [5, 5.41) is 19.7. The molecule has 0 unspecified atom stereocenters. The number of hydrogen-bond donors (Lipinski definition) is 1. The minimum atomic E-state index is -0.132. The standard InChI is InChI=1S/C19H14ClN5O3S/c1-11(26)21-13-8-6-12(7-9-13)17-23-25-19(28-17)29-10-16-22-24-18(27-16)14-4-2-3-5-15(14)20/h2-9H,10H2,1H3,(H,21,26). The average molecular weight is 428 g/mol. The molecule has 1 amide bonds. The number of halogens is 1. The van der Waals surface area contributed by atoms with Gasteiger partial charge in [0, 0.05) is 18.2 Å². The molecule has 4 rings (SSSR count). The summed E-state index contributed by atoms with van der Waals surface area (Å²) < 4.78 is 11.3. The zero-order valence-corrected chi connectivity index (χ0v) is 16.7. The van der Waals surface area contributed by atoms with Gasteiger partial charge in [0.25, 0.3) is 5.22 Å². The molecule has 0 radical (unpaired) electrons. The second kappa shape index (κ2) is 8.46. The molecule has 0 aliphatic heterocycles.